The molecule has 0 radical (unpaired) electrons. The number of benzene rings is 2. The third-order valence-corrected chi connectivity index (χ3v) is 9.41. The molecule has 46 heavy (non-hydrogen) atoms. The number of fused-ring (bicyclic) bond motifs is 1. The highest BCUT2D eigenvalue weighted by atomic mass is 16.5. The van der Waals surface area contributed by atoms with E-state index in [-0.39, 0.29) is 41.9 Å². The standard InChI is InChI=1S/C38H51N3O5/c1-4-28-14-13-16-32(24-28)40(5-2)36(43)27-41-33-17-11-10-15-31(33)26-34(41)35(42)25-29-19-21-30(22-20-29)38(45)39-23-12-8-6-7-9-18-37(44)46-3/h10-11,13-17,24,26,29-30H,4-9,12,18-23,25,27H2,1-3H3,(H,39,45). The minimum atomic E-state index is -0.158. The monoisotopic (exact) mass is 629 g/mol. The van der Waals surface area contributed by atoms with Crippen LogP contribution in [0.25, 0.3) is 10.9 Å². The molecule has 4 rings (SSSR count). The number of unbranched alkanes of at least 4 members (excludes halogenated alkanes) is 4. The zero-order chi connectivity index (χ0) is 32.9. The summed E-state index contributed by atoms with van der Waals surface area (Å²) >= 11 is 0. The van der Waals surface area contributed by atoms with Gasteiger partial charge >= 0.3 is 5.97 Å². The number of aromatic nitrogens is 1. The number of hydrogen-bond acceptors (Lipinski definition) is 5. The number of aryl methyl sites for hydroxylation is 1. The number of rotatable bonds is 17. The maximum atomic E-state index is 13.8. The quantitative estimate of drug-likeness (QED) is 0.0963. The number of nitrogens with zero attached hydrogens (tertiary/aromatic N) is 2. The molecule has 0 bridgehead atoms. The maximum absolute atomic E-state index is 13.8. The first kappa shape index (κ1) is 34.9. The first-order valence-corrected chi connectivity index (χ1v) is 17.2. The van der Waals surface area contributed by atoms with Crippen LogP contribution >= 0.6 is 0 Å². The molecule has 3 aromatic rings. The molecule has 1 aliphatic carbocycles. The number of ether oxygens (including phenoxy) is 1. The Hall–Kier alpha value is -3.94. The van der Waals surface area contributed by atoms with Crippen LogP contribution in [0.15, 0.2) is 54.6 Å². The van der Waals surface area contributed by atoms with Crippen molar-refractivity contribution in [2.45, 2.75) is 97.4 Å². The molecule has 0 spiro atoms. The van der Waals surface area contributed by atoms with Crippen molar-refractivity contribution in [3.63, 3.8) is 0 Å². The van der Waals surface area contributed by atoms with Crippen LogP contribution in [0.2, 0.25) is 0 Å². The lowest BCUT2D eigenvalue weighted by molar-refractivity contribution is -0.140. The second-order valence-electron chi connectivity index (χ2n) is 12.6. The van der Waals surface area contributed by atoms with Gasteiger partial charge in [0.15, 0.2) is 5.78 Å². The number of esters is 1. The summed E-state index contributed by atoms with van der Waals surface area (Å²) in [6, 6.07) is 17.9. The van der Waals surface area contributed by atoms with Crippen LogP contribution in [0, 0.1) is 11.8 Å². The zero-order valence-corrected chi connectivity index (χ0v) is 27.9. The van der Waals surface area contributed by atoms with E-state index in [1.54, 1.807) is 4.90 Å². The van der Waals surface area contributed by atoms with Crippen molar-refractivity contribution in [3.05, 3.63) is 65.9 Å². The molecular weight excluding hydrogens is 578 g/mol. The molecule has 2 amide bonds. The van der Waals surface area contributed by atoms with Gasteiger partial charge in [-0.1, -0.05) is 56.5 Å². The molecule has 248 valence electrons. The van der Waals surface area contributed by atoms with Gasteiger partial charge in [-0.2, -0.15) is 0 Å². The number of nitrogens with one attached hydrogen (secondary N) is 1. The average Bonchev–Trinajstić information content (AvgIpc) is 3.44. The molecule has 1 aromatic heterocycles. The number of carbonyl (C=O) groups is 4. The van der Waals surface area contributed by atoms with Gasteiger partial charge in [0.1, 0.15) is 6.54 Å². The highest BCUT2D eigenvalue weighted by Crippen LogP contribution is 2.33. The Morgan fingerprint density at radius 3 is 2.37 bits per heavy atom. The first-order chi connectivity index (χ1) is 22.3. The summed E-state index contributed by atoms with van der Waals surface area (Å²) in [4.78, 5) is 53.2. The summed E-state index contributed by atoms with van der Waals surface area (Å²) in [5.74, 6) is 0.207. The van der Waals surface area contributed by atoms with E-state index in [4.69, 9.17) is 0 Å². The number of hydrogen-bond donors (Lipinski definition) is 1. The minimum Gasteiger partial charge on any atom is -0.469 e. The molecule has 1 fully saturated rings. The van der Waals surface area contributed by atoms with Crippen LogP contribution < -0.4 is 10.2 Å². The van der Waals surface area contributed by atoms with Crippen molar-refractivity contribution >= 4 is 40.2 Å². The van der Waals surface area contributed by atoms with Crippen LogP contribution in [0.5, 0.6) is 0 Å². The lowest BCUT2D eigenvalue weighted by Gasteiger charge is -2.27. The van der Waals surface area contributed by atoms with Crippen molar-refractivity contribution in [2.75, 3.05) is 25.1 Å². The molecule has 1 aliphatic rings. The van der Waals surface area contributed by atoms with E-state index >= 15 is 0 Å². The second-order valence-corrected chi connectivity index (χ2v) is 12.6. The van der Waals surface area contributed by atoms with Gasteiger partial charge in [0.2, 0.25) is 11.8 Å². The van der Waals surface area contributed by atoms with Gasteiger partial charge in [-0.05, 0) is 87.6 Å². The molecule has 0 atom stereocenters. The molecule has 1 saturated carbocycles. The molecule has 8 heteroatoms. The Morgan fingerprint density at radius 2 is 1.63 bits per heavy atom. The van der Waals surface area contributed by atoms with Gasteiger partial charge in [-0.15, -0.1) is 0 Å². The molecular formula is C38H51N3O5. The Balaban J connectivity index is 1.29. The van der Waals surface area contributed by atoms with Crippen molar-refractivity contribution in [1.29, 1.82) is 0 Å². The highest BCUT2D eigenvalue weighted by molar-refractivity contribution is 6.02. The Bertz CT molecular complexity index is 1470. The number of likely N-dealkylation sites (N-methyl/N-ethyl adjacent to an activating group) is 1. The van der Waals surface area contributed by atoms with E-state index in [0.717, 1.165) is 80.8 Å². The van der Waals surface area contributed by atoms with Gasteiger partial charge in [0.25, 0.3) is 0 Å². The average molecular weight is 630 g/mol. The Kier molecular flexibility index (Phi) is 13.4. The van der Waals surface area contributed by atoms with Crippen molar-refractivity contribution in [1.82, 2.24) is 9.88 Å². The maximum Gasteiger partial charge on any atom is 0.305 e. The van der Waals surface area contributed by atoms with E-state index in [1.165, 1.54) is 12.7 Å². The number of Topliss-reactive ketones (excluding diaryl/α,β-unsaturated/α-hetero) is 1. The van der Waals surface area contributed by atoms with E-state index in [0.29, 0.717) is 31.6 Å². The SMILES string of the molecule is CCc1cccc(N(CC)C(=O)Cn2c(C(=O)CC3CCC(C(=O)NCCCCCCCC(=O)OC)CC3)cc3ccccc32)c1. The number of methoxy groups -OCH3 is 1. The number of carbonyl (C=O) groups excluding carboxylic acids is 4. The van der Waals surface area contributed by atoms with Gasteiger partial charge in [-0.25, -0.2) is 0 Å². The number of ketones is 1. The first-order valence-electron chi connectivity index (χ1n) is 17.2. The van der Waals surface area contributed by atoms with Crippen LogP contribution in [0.4, 0.5) is 5.69 Å². The zero-order valence-electron chi connectivity index (χ0n) is 27.9. The van der Waals surface area contributed by atoms with Gasteiger partial charge in [0.05, 0.1) is 12.8 Å². The van der Waals surface area contributed by atoms with Gasteiger partial charge in [0, 0.05) is 48.4 Å². The van der Waals surface area contributed by atoms with E-state index in [9.17, 15) is 19.2 Å². The summed E-state index contributed by atoms with van der Waals surface area (Å²) < 4.78 is 6.56. The molecule has 0 saturated heterocycles. The summed E-state index contributed by atoms with van der Waals surface area (Å²) in [5.41, 5.74) is 3.53. The predicted octanol–water partition coefficient (Wildman–Crippen LogP) is 7.27. The molecule has 0 aliphatic heterocycles. The van der Waals surface area contributed by atoms with Crippen LogP contribution in [-0.2, 0) is 32.1 Å². The second kappa shape index (κ2) is 17.7. The van der Waals surface area contributed by atoms with Crippen molar-refractivity contribution in [2.24, 2.45) is 11.8 Å². The van der Waals surface area contributed by atoms with Crippen LogP contribution in [-0.4, -0.2) is 48.3 Å². The fraction of sp³-hybridized carbons (Fsp3) is 0.526. The van der Waals surface area contributed by atoms with Crippen LogP contribution in [0.1, 0.15) is 101 Å². The highest BCUT2D eigenvalue weighted by Gasteiger charge is 2.29. The largest absolute Gasteiger partial charge is 0.469 e. The number of para-hydroxylation sites is 1. The fourth-order valence-corrected chi connectivity index (χ4v) is 6.66. The molecule has 1 heterocycles. The third kappa shape index (κ3) is 9.54. The normalized spacial score (nSPS) is 16.2. The van der Waals surface area contributed by atoms with E-state index in [1.807, 2.05) is 54.0 Å². The van der Waals surface area contributed by atoms with Gasteiger partial charge < -0.3 is 19.5 Å². The summed E-state index contributed by atoms with van der Waals surface area (Å²) in [5, 5.41) is 4.06. The smallest absolute Gasteiger partial charge is 0.305 e. The number of anilines is 1. The minimum absolute atomic E-state index is 0.00159. The third-order valence-electron chi connectivity index (χ3n) is 9.41. The summed E-state index contributed by atoms with van der Waals surface area (Å²) in [6.45, 7) is 5.40. The lowest BCUT2D eigenvalue weighted by Crippen LogP contribution is -2.35. The van der Waals surface area contributed by atoms with Gasteiger partial charge in [-0.3, -0.25) is 19.2 Å². The van der Waals surface area contributed by atoms with Crippen LogP contribution in [0.3, 0.4) is 0 Å². The molecule has 1 N–H and O–H groups in total. The molecule has 8 nitrogen and oxygen atoms in total. The number of amides is 2. The summed E-state index contributed by atoms with van der Waals surface area (Å²) in [7, 11) is 1.41. The topological polar surface area (TPSA) is 97.7 Å². The predicted molar refractivity (Wildman–Crippen MR) is 183 cm³/mol. The van der Waals surface area contributed by atoms with Crippen molar-refractivity contribution in [3.8, 4) is 0 Å². The van der Waals surface area contributed by atoms with Crippen molar-refractivity contribution < 1.29 is 23.9 Å². The Morgan fingerprint density at radius 1 is 0.891 bits per heavy atom. The Labute approximate surface area is 273 Å². The molecule has 0 unspecified atom stereocenters. The molecule has 2 aromatic carbocycles. The summed E-state index contributed by atoms with van der Waals surface area (Å²) in [6.07, 6.45) is 9.92. The van der Waals surface area contributed by atoms with E-state index < -0.39 is 0 Å². The van der Waals surface area contributed by atoms with E-state index in [2.05, 4.69) is 29.1 Å². The fourth-order valence-electron chi connectivity index (χ4n) is 6.66. The lowest BCUT2D eigenvalue weighted by atomic mass is 9.79.